The fraction of sp³-hybridized carbons (Fsp3) is 0.118. The van der Waals surface area contributed by atoms with E-state index in [2.05, 4.69) is 9.97 Å². The highest BCUT2D eigenvalue weighted by Gasteiger charge is 2.15. The number of aromatic carboxylic acids is 1. The number of hydrogen-bond acceptors (Lipinski definition) is 7. The van der Waals surface area contributed by atoms with Crippen molar-refractivity contribution in [2.24, 2.45) is 0 Å². The van der Waals surface area contributed by atoms with E-state index in [1.807, 2.05) is 0 Å². The van der Waals surface area contributed by atoms with E-state index < -0.39 is 5.97 Å². The second-order valence-electron chi connectivity index (χ2n) is 5.13. The van der Waals surface area contributed by atoms with Crippen molar-refractivity contribution < 1.29 is 25.2 Å². The van der Waals surface area contributed by atoms with Crippen LogP contribution in [0.5, 0.6) is 5.75 Å². The Kier molecular flexibility index (Phi) is 5.94. The van der Waals surface area contributed by atoms with Crippen molar-refractivity contribution in [2.75, 3.05) is 11.4 Å². The second-order valence-corrected chi connectivity index (χ2v) is 5.13. The molecule has 0 bridgehead atoms. The molecule has 130 valence electrons. The van der Waals surface area contributed by atoms with Crippen molar-refractivity contribution in [3.8, 4) is 5.75 Å². The van der Waals surface area contributed by atoms with Crippen LogP contribution in [0.25, 0.3) is 0 Å². The molecule has 8 heteroatoms. The van der Waals surface area contributed by atoms with Crippen LogP contribution in [-0.2, 0) is 6.54 Å². The van der Waals surface area contributed by atoms with Gasteiger partial charge in [0.25, 0.3) is 0 Å². The molecule has 0 saturated carbocycles. The predicted molar refractivity (Wildman–Crippen MR) is 90.6 cm³/mol. The van der Waals surface area contributed by atoms with E-state index in [-0.39, 0.29) is 17.9 Å². The van der Waals surface area contributed by atoms with Gasteiger partial charge in [0.15, 0.2) is 0 Å². The van der Waals surface area contributed by atoms with Crippen LogP contribution in [-0.4, -0.2) is 42.9 Å². The van der Waals surface area contributed by atoms with Gasteiger partial charge in [-0.15, -0.1) is 0 Å². The number of aliphatic hydroxyl groups excluding tert-OH is 2. The zero-order valence-corrected chi connectivity index (χ0v) is 13.1. The molecule has 1 aromatic heterocycles. The SMILES string of the molecule is O=C(O)c1cc(N(CC(=C\O)/C=C/O)Cc2cncnc2)ccc1O. The van der Waals surface area contributed by atoms with Gasteiger partial charge in [-0.05, 0) is 24.3 Å². The molecule has 0 aliphatic carbocycles. The summed E-state index contributed by atoms with van der Waals surface area (Å²) in [6, 6.07) is 4.18. The lowest BCUT2D eigenvalue weighted by Crippen LogP contribution is -2.25. The number of aliphatic hydroxyl groups is 2. The van der Waals surface area contributed by atoms with Gasteiger partial charge in [0.05, 0.1) is 12.5 Å². The van der Waals surface area contributed by atoms with Crippen LogP contribution < -0.4 is 4.90 Å². The minimum atomic E-state index is -1.25. The molecule has 0 aliphatic heterocycles. The van der Waals surface area contributed by atoms with E-state index in [1.54, 1.807) is 23.4 Å². The van der Waals surface area contributed by atoms with Gasteiger partial charge in [0.2, 0.25) is 0 Å². The summed E-state index contributed by atoms with van der Waals surface area (Å²) in [5.41, 5.74) is 1.42. The predicted octanol–water partition coefficient (Wildman–Crippen LogP) is 2.40. The molecule has 0 aliphatic rings. The Morgan fingerprint density at radius 2 is 1.92 bits per heavy atom. The second kappa shape index (κ2) is 8.34. The molecule has 0 radical (unpaired) electrons. The topological polar surface area (TPSA) is 127 Å². The summed E-state index contributed by atoms with van der Waals surface area (Å²) in [5.74, 6) is -1.59. The fourth-order valence-corrected chi connectivity index (χ4v) is 2.22. The van der Waals surface area contributed by atoms with E-state index in [9.17, 15) is 20.1 Å². The van der Waals surface area contributed by atoms with E-state index in [4.69, 9.17) is 5.11 Å². The summed E-state index contributed by atoms with van der Waals surface area (Å²) in [6.45, 7) is 0.494. The Balaban J connectivity index is 2.40. The van der Waals surface area contributed by atoms with Crippen molar-refractivity contribution in [2.45, 2.75) is 6.54 Å². The number of phenols is 1. The maximum atomic E-state index is 11.2. The molecule has 0 saturated heterocycles. The molecule has 2 rings (SSSR count). The highest BCUT2D eigenvalue weighted by atomic mass is 16.4. The lowest BCUT2D eigenvalue weighted by molar-refractivity contribution is 0.0693. The number of aromatic nitrogens is 2. The van der Waals surface area contributed by atoms with Crippen LogP contribution >= 0.6 is 0 Å². The van der Waals surface area contributed by atoms with Crippen molar-refractivity contribution in [3.05, 3.63) is 72.2 Å². The first kappa shape index (κ1) is 17.8. The molecule has 0 spiro atoms. The first-order valence-electron chi connectivity index (χ1n) is 7.24. The van der Waals surface area contributed by atoms with Crippen molar-refractivity contribution >= 4 is 11.7 Å². The molecule has 25 heavy (non-hydrogen) atoms. The summed E-state index contributed by atoms with van der Waals surface area (Å²) in [7, 11) is 0. The molecule has 1 heterocycles. The highest BCUT2D eigenvalue weighted by Crippen LogP contribution is 2.26. The maximum absolute atomic E-state index is 11.2. The summed E-state index contributed by atoms with van der Waals surface area (Å²) in [4.78, 5) is 20.9. The van der Waals surface area contributed by atoms with E-state index in [0.717, 1.165) is 18.1 Å². The molecule has 0 unspecified atom stereocenters. The number of nitrogens with zero attached hydrogens (tertiary/aromatic N) is 3. The molecule has 8 nitrogen and oxygen atoms in total. The normalized spacial score (nSPS) is 11.6. The number of aromatic hydroxyl groups is 1. The Morgan fingerprint density at radius 1 is 1.20 bits per heavy atom. The summed E-state index contributed by atoms with van der Waals surface area (Å²) in [6.07, 6.45) is 7.58. The number of anilines is 1. The molecular weight excluding hydrogens is 326 g/mol. The number of benzene rings is 1. The molecule has 1 aromatic carbocycles. The molecular formula is C17H17N3O5. The molecule has 4 N–H and O–H groups in total. The largest absolute Gasteiger partial charge is 0.516 e. The van der Waals surface area contributed by atoms with Gasteiger partial charge in [0.1, 0.15) is 17.6 Å². The average molecular weight is 343 g/mol. The zero-order chi connectivity index (χ0) is 18.2. The first-order chi connectivity index (χ1) is 12.0. The van der Waals surface area contributed by atoms with Crippen LogP contribution in [0.3, 0.4) is 0 Å². The smallest absolute Gasteiger partial charge is 0.339 e. The molecule has 2 aromatic rings. The van der Waals surface area contributed by atoms with Gasteiger partial charge in [-0.25, -0.2) is 14.8 Å². The number of carboxylic acid groups (broad SMARTS) is 1. The van der Waals surface area contributed by atoms with Crippen LogP contribution in [0.4, 0.5) is 5.69 Å². The third-order valence-corrected chi connectivity index (χ3v) is 3.39. The van der Waals surface area contributed by atoms with E-state index in [0.29, 0.717) is 17.8 Å². The Labute approximate surface area is 143 Å². The van der Waals surface area contributed by atoms with Gasteiger partial charge in [0, 0.05) is 42.3 Å². The molecule has 0 amide bonds. The van der Waals surface area contributed by atoms with Crippen molar-refractivity contribution in [1.82, 2.24) is 9.97 Å². The van der Waals surface area contributed by atoms with Crippen LogP contribution in [0.1, 0.15) is 15.9 Å². The molecule has 0 atom stereocenters. The number of rotatable bonds is 7. The number of carbonyl (C=O) groups is 1. The number of hydrogen-bond donors (Lipinski definition) is 4. The van der Waals surface area contributed by atoms with Gasteiger partial charge >= 0.3 is 5.97 Å². The monoisotopic (exact) mass is 343 g/mol. The van der Waals surface area contributed by atoms with Gasteiger partial charge in [-0.1, -0.05) is 0 Å². The number of carboxylic acids is 1. The minimum absolute atomic E-state index is 0.173. The van der Waals surface area contributed by atoms with Gasteiger partial charge in [-0.2, -0.15) is 0 Å². The first-order valence-corrected chi connectivity index (χ1v) is 7.24. The van der Waals surface area contributed by atoms with E-state index in [1.165, 1.54) is 24.5 Å². The highest BCUT2D eigenvalue weighted by molar-refractivity contribution is 5.92. The summed E-state index contributed by atoms with van der Waals surface area (Å²) < 4.78 is 0. The fourth-order valence-electron chi connectivity index (χ4n) is 2.22. The zero-order valence-electron chi connectivity index (χ0n) is 13.1. The maximum Gasteiger partial charge on any atom is 0.339 e. The Hall–Kier alpha value is -3.55. The lowest BCUT2D eigenvalue weighted by atomic mass is 10.1. The Bertz CT molecular complexity index is 790. The molecule has 0 fully saturated rings. The van der Waals surface area contributed by atoms with Crippen LogP contribution in [0.2, 0.25) is 0 Å². The average Bonchev–Trinajstić information content (AvgIpc) is 2.61. The van der Waals surface area contributed by atoms with Gasteiger partial charge < -0.3 is 25.3 Å². The van der Waals surface area contributed by atoms with Crippen molar-refractivity contribution in [1.29, 1.82) is 0 Å². The van der Waals surface area contributed by atoms with Crippen LogP contribution in [0.15, 0.2) is 61.1 Å². The lowest BCUT2D eigenvalue weighted by Gasteiger charge is -2.25. The van der Waals surface area contributed by atoms with Crippen LogP contribution in [0, 0.1) is 0 Å². The standard InChI is InChI=1S/C17H17N3O5/c21-4-3-12(10-22)8-20(9-13-6-18-11-19-7-13)14-1-2-16(23)15(5-14)17(24)25/h1-7,10-11,21-23H,8-9H2,(H,24,25)/b4-3+,12-10-. The van der Waals surface area contributed by atoms with E-state index >= 15 is 0 Å². The Morgan fingerprint density at radius 3 is 2.52 bits per heavy atom. The minimum Gasteiger partial charge on any atom is -0.516 e. The third-order valence-electron chi connectivity index (χ3n) is 3.39. The quantitative estimate of drug-likeness (QED) is 0.446. The summed E-state index contributed by atoms with van der Waals surface area (Å²) in [5, 5.41) is 37.1. The van der Waals surface area contributed by atoms with Crippen molar-refractivity contribution in [3.63, 3.8) is 0 Å². The summed E-state index contributed by atoms with van der Waals surface area (Å²) >= 11 is 0. The van der Waals surface area contributed by atoms with Gasteiger partial charge in [-0.3, -0.25) is 0 Å². The third kappa shape index (κ3) is 4.71.